The van der Waals surface area contributed by atoms with Gasteiger partial charge in [-0.25, -0.2) is 4.98 Å². The Morgan fingerprint density at radius 1 is 0.731 bits per heavy atom. The summed E-state index contributed by atoms with van der Waals surface area (Å²) in [7, 11) is 4.58. The summed E-state index contributed by atoms with van der Waals surface area (Å²) in [6, 6.07) is 13.9. The summed E-state index contributed by atoms with van der Waals surface area (Å²) in [5.74, 6) is 1.49. The molecule has 0 radical (unpaired) electrons. The minimum absolute atomic E-state index is 0.121. The summed E-state index contributed by atoms with van der Waals surface area (Å²) in [5.41, 5.74) is 2.19. The number of amides is 2. The molecule has 1 saturated heterocycles. The van der Waals surface area contributed by atoms with Crippen molar-refractivity contribution in [2.75, 3.05) is 44.6 Å². The number of rotatable bonds is 14. The number of hydrogen-bond donors (Lipinski definition) is 3. The third-order valence-corrected chi connectivity index (χ3v) is 10.2. The molecule has 1 aliphatic rings. The lowest BCUT2D eigenvalue weighted by Gasteiger charge is -2.38. The number of nitrogens with one attached hydrogen (secondary N) is 3. The van der Waals surface area contributed by atoms with Gasteiger partial charge in [-0.2, -0.15) is 4.98 Å². The highest BCUT2D eigenvalue weighted by atomic mass is 35.5. The zero-order valence-corrected chi connectivity index (χ0v) is 32.4. The number of methoxy groups -OCH3 is 3. The summed E-state index contributed by atoms with van der Waals surface area (Å²) in [5, 5.41) is 11.2. The van der Waals surface area contributed by atoms with Gasteiger partial charge < -0.3 is 35.1 Å². The van der Waals surface area contributed by atoms with E-state index in [-0.39, 0.29) is 42.4 Å². The number of halogens is 5. The highest BCUT2D eigenvalue weighted by Crippen LogP contribution is 2.43. The van der Waals surface area contributed by atoms with Crippen molar-refractivity contribution < 1.29 is 23.8 Å². The monoisotopic (exact) mass is 808 g/mol. The lowest BCUT2D eigenvalue weighted by molar-refractivity contribution is -0.122. The summed E-state index contributed by atoms with van der Waals surface area (Å²) >= 11 is 31.1. The number of hydrogen-bond acceptors (Lipinski definition) is 9. The molecule has 0 unspecified atom stereocenters. The van der Waals surface area contributed by atoms with Crippen LogP contribution in [0.3, 0.4) is 0 Å². The summed E-state index contributed by atoms with van der Waals surface area (Å²) in [6.07, 6.45) is 2.57. The normalized spacial score (nSPS) is 15.5. The molecule has 3 aromatic carbocycles. The Bertz CT molecular complexity index is 1840. The molecule has 1 aromatic heterocycles. The van der Waals surface area contributed by atoms with Crippen molar-refractivity contribution in [3.8, 4) is 17.2 Å². The molecule has 16 heteroatoms. The van der Waals surface area contributed by atoms with E-state index >= 15 is 0 Å². The van der Waals surface area contributed by atoms with Gasteiger partial charge in [-0.1, -0.05) is 70.1 Å². The van der Waals surface area contributed by atoms with Crippen LogP contribution in [0.2, 0.25) is 25.1 Å². The van der Waals surface area contributed by atoms with Gasteiger partial charge in [0.1, 0.15) is 5.02 Å². The minimum atomic E-state index is -0.141. The van der Waals surface area contributed by atoms with Crippen molar-refractivity contribution in [1.29, 1.82) is 0 Å². The number of carbonyl (C=O) groups excluding carboxylic acids is 2. The van der Waals surface area contributed by atoms with E-state index in [9.17, 15) is 9.59 Å². The van der Waals surface area contributed by atoms with Crippen molar-refractivity contribution in [2.45, 2.75) is 32.4 Å². The van der Waals surface area contributed by atoms with Gasteiger partial charge in [-0.05, 0) is 65.8 Å². The number of benzene rings is 3. The second kappa shape index (κ2) is 18.3. The fourth-order valence-electron chi connectivity index (χ4n) is 6.12. The summed E-state index contributed by atoms with van der Waals surface area (Å²) < 4.78 is 16.5. The van der Waals surface area contributed by atoms with Crippen molar-refractivity contribution >= 4 is 87.3 Å². The van der Waals surface area contributed by atoms with Gasteiger partial charge in [0, 0.05) is 39.0 Å². The van der Waals surface area contributed by atoms with Gasteiger partial charge >= 0.3 is 0 Å². The van der Waals surface area contributed by atoms with E-state index < -0.39 is 0 Å². The molecule has 2 atom stereocenters. The highest BCUT2D eigenvalue weighted by Gasteiger charge is 2.32. The zero-order valence-electron chi connectivity index (χ0n) is 28.6. The van der Waals surface area contributed by atoms with Gasteiger partial charge in [0.25, 0.3) is 0 Å². The molecule has 5 rings (SSSR count). The van der Waals surface area contributed by atoms with Crippen LogP contribution >= 0.6 is 58.0 Å². The van der Waals surface area contributed by atoms with Crippen LogP contribution < -0.4 is 35.1 Å². The molecule has 276 valence electrons. The van der Waals surface area contributed by atoms with Gasteiger partial charge in [-0.15, -0.1) is 0 Å². The van der Waals surface area contributed by atoms with Crippen LogP contribution in [0, 0.1) is 11.8 Å². The zero-order chi connectivity index (χ0) is 37.4. The van der Waals surface area contributed by atoms with E-state index in [1.165, 1.54) is 27.5 Å². The van der Waals surface area contributed by atoms with Crippen molar-refractivity contribution in [2.24, 2.45) is 11.8 Å². The Morgan fingerprint density at radius 3 is 1.79 bits per heavy atom. The Balaban J connectivity index is 1.34. The maximum Gasteiger partial charge on any atom is 0.229 e. The fourth-order valence-corrected chi connectivity index (χ4v) is 6.97. The number of aromatic nitrogens is 2. The molecule has 11 nitrogen and oxygen atoms in total. The van der Waals surface area contributed by atoms with Crippen LogP contribution in [-0.4, -0.2) is 56.2 Å². The first-order valence-electron chi connectivity index (χ1n) is 16.2. The molecule has 0 saturated carbocycles. The molecule has 0 spiro atoms. The largest absolute Gasteiger partial charge is 0.493 e. The third-order valence-electron chi connectivity index (χ3n) is 8.50. The quantitative estimate of drug-likeness (QED) is 0.115. The molecule has 2 heterocycles. The fraction of sp³-hybridized carbons (Fsp3) is 0.333. The maximum absolute atomic E-state index is 13.2. The molecular formula is C36H37Cl5N6O5. The minimum Gasteiger partial charge on any atom is -0.493 e. The first kappa shape index (κ1) is 39.3. The summed E-state index contributed by atoms with van der Waals surface area (Å²) in [6.45, 7) is 1.52. The third kappa shape index (κ3) is 10.2. The molecule has 52 heavy (non-hydrogen) atoms. The molecular weight excluding hydrogens is 774 g/mol. The van der Waals surface area contributed by atoms with Crippen molar-refractivity contribution in [3.63, 3.8) is 0 Å². The maximum atomic E-state index is 13.2. The number of anilines is 3. The second-order valence-corrected chi connectivity index (χ2v) is 14.2. The van der Waals surface area contributed by atoms with Crippen LogP contribution in [0.5, 0.6) is 17.2 Å². The van der Waals surface area contributed by atoms with E-state index in [0.717, 1.165) is 11.1 Å². The van der Waals surface area contributed by atoms with Crippen molar-refractivity contribution in [3.05, 3.63) is 91.0 Å². The van der Waals surface area contributed by atoms with E-state index in [4.69, 9.17) is 77.2 Å². The average Bonchev–Trinajstić information content (AvgIpc) is 3.13. The van der Waals surface area contributed by atoms with E-state index in [2.05, 4.69) is 20.9 Å². The van der Waals surface area contributed by atoms with Gasteiger partial charge in [0.15, 0.2) is 17.3 Å². The summed E-state index contributed by atoms with van der Waals surface area (Å²) in [4.78, 5) is 37.6. The number of nitrogens with zero attached hydrogens (tertiary/aromatic N) is 3. The van der Waals surface area contributed by atoms with Crippen LogP contribution in [-0.2, 0) is 22.7 Å². The molecule has 1 fully saturated rings. The van der Waals surface area contributed by atoms with Crippen LogP contribution in [0.15, 0.2) is 54.7 Å². The van der Waals surface area contributed by atoms with E-state index in [0.29, 0.717) is 86.5 Å². The van der Waals surface area contributed by atoms with Gasteiger partial charge in [0.2, 0.25) is 23.5 Å². The molecule has 1 aliphatic heterocycles. The topological polar surface area (TPSA) is 127 Å². The predicted molar refractivity (Wildman–Crippen MR) is 206 cm³/mol. The Morgan fingerprint density at radius 2 is 1.29 bits per heavy atom. The smallest absolute Gasteiger partial charge is 0.229 e. The SMILES string of the molecule is COc1ccc(Nc2ncc(Cl)c(N3C[C@H](CC(=O)NCc4ccc(Cl)c(Cl)c4)C[C@H](CC(=O)NCc4ccc(Cl)c(Cl)c4)C3)n2)c(OC)c1OC. The lowest BCUT2D eigenvalue weighted by atomic mass is 9.85. The Labute approximate surface area is 327 Å². The highest BCUT2D eigenvalue weighted by molar-refractivity contribution is 6.42. The Hall–Kier alpha value is -3.87. The first-order chi connectivity index (χ1) is 25.0. The van der Waals surface area contributed by atoms with E-state index in [1.54, 1.807) is 36.4 Å². The van der Waals surface area contributed by atoms with Crippen LogP contribution in [0.25, 0.3) is 0 Å². The van der Waals surface area contributed by atoms with Gasteiger partial charge in [0.05, 0.1) is 53.3 Å². The molecule has 4 aromatic rings. The standard InChI is InChI=1S/C36H37Cl5N6O5/c1-50-30-9-8-29(33(51-2)34(30)52-3)45-36-44-17-28(41)35(46-36)47-18-22(13-31(48)42-15-20-4-6-24(37)26(39)11-20)10-23(19-47)14-32(49)43-16-21-5-7-25(38)27(40)12-21/h4-9,11-12,17,22-23H,10,13-16,18-19H2,1-3H3,(H,42,48)(H,43,49)(H,44,45,46)/t22-,23+. The van der Waals surface area contributed by atoms with Crippen LogP contribution in [0.4, 0.5) is 17.5 Å². The van der Waals surface area contributed by atoms with Crippen molar-refractivity contribution in [1.82, 2.24) is 20.6 Å². The second-order valence-electron chi connectivity index (χ2n) is 12.2. The molecule has 0 bridgehead atoms. The average molecular weight is 811 g/mol. The van der Waals surface area contributed by atoms with Gasteiger partial charge in [-0.3, -0.25) is 9.59 Å². The number of piperidine rings is 1. The molecule has 2 amide bonds. The molecule has 0 aliphatic carbocycles. The number of carbonyl (C=O) groups is 2. The van der Waals surface area contributed by atoms with Crippen LogP contribution in [0.1, 0.15) is 30.4 Å². The number of ether oxygens (including phenoxy) is 3. The lowest BCUT2D eigenvalue weighted by Crippen LogP contribution is -2.44. The first-order valence-corrected chi connectivity index (χ1v) is 18.1. The predicted octanol–water partition coefficient (Wildman–Crippen LogP) is 8.37. The Kier molecular flexibility index (Phi) is 13.8. The molecule has 3 N–H and O–H groups in total. The van der Waals surface area contributed by atoms with E-state index in [1.807, 2.05) is 17.0 Å².